The number of halogens is 1. The molecule has 0 aromatic carbocycles. The van der Waals surface area contributed by atoms with Crippen LogP contribution in [0.1, 0.15) is 38.8 Å². The van der Waals surface area contributed by atoms with Gasteiger partial charge in [-0.25, -0.2) is 4.98 Å². The highest BCUT2D eigenvalue weighted by atomic mass is 35.5. The second-order valence-corrected chi connectivity index (χ2v) is 5.91. The SMILES string of the molecule is CCCNc1ccc(Cl)c(CN2CCCC(OCC)C2)n1. The lowest BCUT2D eigenvalue weighted by Gasteiger charge is -2.32. The first-order valence-electron chi connectivity index (χ1n) is 7.96. The van der Waals surface area contributed by atoms with Crippen LogP contribution in [0.3, 0.4) is 0 Å². The number of pyridine rings is 1. The highest BCUT2D eigenvalue weighted by molar-refractivity contribution is 6.31. The van der Waals surface area contributed by atoms with Gasteiger partial charge in [-0.1, -0.05) is 18.5 Å². The molecule has 1 unspecified atom stereocenters. The fourth-order valence-corrected chi connectivity index (χ4v) is 2.85. The first-order chi connectivity index (χ1) is 10.2. The maximum Gasteiger partial charge on any atom is 0.126 e. The molecule has 0 spiro atoms. The van der Waals surface area contributed by atoms with E-state index in [-0.39, 0.29) is 0 Å². The molecule has 0 saturated carbocycles. The lowest BCUT2D eigenvalue weighted by Crippen LogP contribution is -2.39. The van der Waals surface area contributed by atoms with E-state index in [0.29, 0.717) is 6.10 Å². The van der Waals surface area contributed by atoms with E-state index in [4.69, 9.17) is 16.3 Å². The lowest BCUT2D eigenvalue weighted by molar-refractivity contribution is 0.00333. The summed E-state index contributed by atoms with van der Waals surface area (Å²) in [6.07, 6.45) is 3.77. The molecule has 2 rings (SSSR count). The van der Waals surface area contributed by atoms with Crippen LogP contribution in [0.2, 0.25) is 5.02 Å². The number of nitrogens with zero attached hydrogens (tertiary/aromatic N) is 2. The van der Waals surface area contributed by atoms with Gasteiger partial charge in [-0.15, -0.1) is 0 Å². The second-order valence-electron chi connectivity index (χ2n) is 5.51. The Bertz CT molecular complexity index is 440. The molecule has 1 N–H and O–H groups in total. The summed E-state index contributed by atoms with van der Waals surface area (Å²) in [7, 11) is 0. The number of hydrogen-bond donors (Lipinski definition) is 1. The van der Waals surface area contributed by atoms with Crippen molar-refractivity contribution in [3.05, 3.63) is 22.8 Å². The standard InChI is InChI=1S/C16H26ClN3O/c1-3-9-18-16-8-7-14(17)15(19-16)12-20-10-5-6-13(11-20)21-4-2/h7-8,13H,3-6,9-12H2,1-2H3,(H,18,19). The summed E-state index contributed by atoms with van der Waals surface area (Å²) >= 11 is 6.30. The molecule has 1 aromatic rings. The summed E-state index contributed by atoms with van der Waals surface area (Å²) < 4.78 is 5.75. The fraction of sp³-hybridized carbons (Fsp3) is 0.688. The van der Waals surface area contributed by atoms with E-state index >= 15 is 0 Å². The molecular formula is C16H26ClN3O. The van der Waals surface area contributed by atoms with Gasteiger partial charge in [0, 0.05) is 26.2 Å². The van der Waals surface area contributed by atoms with Gasteiger partial charge in [0.15, 0.2) is 0 Å². The van der Waals surface area contributed by atoms with Gasteiger partial charge >= 0.3 is 0 Å². The molecule has 118 valence electrons. The normalized spacial score (nSPS) is 19.7. The Balaban J connectivity index is 1.97. The van der Waals surface area contributed by atoms with Crippen LogP contribution in [0.4, 0.5) is 5.82 Å². The van der Waals surface area contributed by atoms with Crippen LogP contribution in [-0.4, -0.2) is 42.2 Å². The van der Waals surface area contributed by atoms with Gasteiger partial charge in [0.05, 0.1) is 16.8 Å². The average Bonchev–Trinajstić information content (AvgIpc) is 2.49. The molecule has 0 radical (unpaired) electrons. The molecule has 0 amide bonds. The van der Waals surface area contributed by atoms with Crippen molar-refractivity contribution in [3.63, 3.8) is 0 Å². The van der Waals surface area contributed by atoms with Crippen LogP contribution >= 0.6 is 11.6 Å². The van der Waals surface area contributed by atoms with Gasteiger partial charge in [0.25, 0.3) is 0 Å². The number of hydrogen-bond acceptors (Lipinski definition) is 4. The zero-order valence-electron chi connectivity index (χ0n) is 13.1. The van der Waals surface area contributed by atoms with E-state index in [1.165, 1.54) is 6.42 Å². The largest absolute Gasteiger partial charge is 0.377 e. The Labute approximate surface area is 132 Å². The fourth-order valence-electron chi connectivity index (χ4n) is 2.69. The number of piperidine rings is 1. The number of rotatable bonds is 7. The lowest BCUT2D eigenvalue weighted by atomic mass is 10.1. The monoisotopic (exact) mass is 311 g/mol. The zero-order valence-corrected chi connectivity index (χ0v) is 13.8. The highest BCUT2D eigenvalue weighted by Gasteiger charge is 2.21. The summed E-state index contributed by atoms with van der Waals surface area (Å²) in [4.78, 5) is 7.04. The van der Waals surface area contributed by atoms with Gasteiger partial charge in [-0.05, 0) is 44.9 Å². The Morgan fingerprint density at radius 1 is 1.43 bits per heavy atom. The Hall–Kier alpha value is -0.840. The predicted octanol–water partition coefficient (Wildman–Crippen LogP) is 3.56. The third-order valence-electron chi connectivity index (χ3n) is 3.71. The molecule has 1 fully saturated rings. The van der Waals surface area contributed by atoms with Crippen LogP contribution in [0, 0.1) is 0 Å². The van der Waals surface area contributed by atoms with Crippen LogP contribution < -0.4 is 5.32 Å². The van der Waals surface area contributed by atoms with Crippen molar-refractivity contribution in [1.82, 2.24) is 9.88 Å². The average molecular weight is 312 g/mol. The maximum absolute atomic E-state index is 6.30. The van der Waals surface area contributed by atoms with E-state index in [2.05, 4.69) is 29.0 Å². The van der Waals surface area contributed by atoms with Crippen molar-refractivity contribution in [3.8, 4) is 0 Å². The van der Waals surface area contributed by atoms with Crippen LogP contribution in [0.15, 0.2) is 12.1 Å². The molecule has 21 heavy (non-hydrogen) atoms. The van der Waals surface area contributed by atoms with Crippen molar-refractivity contribution >= 4 is 17.4 Å². The molecule has 0 bridgehead atoms. The Morgan fingerprint density at radius 2 is 2.29 bits per heavy atom. The first-order valence-corrected chi connectivity index (χ1v) is 8.34. The quantitative estimate of drug-likeness (QED) is 0.835. The van der Waals surface area contributed by atoms with E-state index in [1.54, 1.807) is 0 Å². The summed E-state index contributed by atoms with van der Waals surface area (Å²) in [5.74, 6) is 0.912. The van der Waals surface area contributed by atoms with Crippen molar-refractivity contribution in [2.75, 3.05) is 31.6 Å². The Kier molecular flexibility index (Phi) is 6.74. The minimum atomic E-state index is 0.351. The van der Waals surface area contributed by atoms with Crippen LogP contribution in [0.25, 0.3) is 0 Å². The summed E-state index contributed by atoms with van der Waals surface area (Å²) in [6.45, 7) is 8.78. The molecule has 1 atom stereocenters. The van der Waals surface area contributed by atoms with Crippen molar-refractivity contribution in [2.24, 2.45) is 0 Å². The number of anilines is 1. The van der Waals surface area contributed by atoms with Crippen molar-refractivity contribution in [1.29, 1.82) is 0 Å². The number of likely N-dealkylation sites (tertiary alicyclic amines) is 1. The summed E-state index contributed by atoms with van der Waals surface area (Å²) in [5, 5.41) is 4.06. The van der Waals surface area contributed by atoms with Crippen molar-refractivity contribution < 1.29 is 4.74 Å². The van der Waals surface area contributed by atoms with E-state index in [1.807, 2.05) is 12.1 Å². The minimum absolute atomic E-state index is 0.351. The van der Waals surface area contributed by atoms with Gasteiger partial charge < -0.3 is 10.1 Å². The maximum atomic E-state index is 6.30. The number of ether oxygens (including phenoxy) is 1. The Morgan fingerprint density at radius 3 is 3.05 bits per heavy atom. The summed E-state index contributed by atoms with van der Waals surface area (Å²) in [6, 6.07) is 3.88. The third-order valence-corrected chi connectivity index (χ3v) is 4.06. The smallest absolute Gasteiger partial charge is 0.126 e. The molecular weight excluding hydrogens is 286 g/mol. The van der Waals surface area contributed by atoms with Crippen LogP contribution in [0.5, 0.6) is 0 Å². The van der Waals surface area contributed by atoms with E-state index in [9.17, 15) is 0 Å². The molecule has 1 aromatic heterocycles. The van der Waals surface area contributed by atoms with E-state index < -0.39 is 0 Å². The molecule has 5 heteroatoms. The van der Waals surface area contributed by atoms with Crippen molar-refractivity contribution in [2.45, 2.75) is 45.8 Å². The zero-order chi connectivity index (χ0) is 15.1. The van der Waals surface area contributed by atoms with Gasteiger partial charge in [-0.2, -0.15) is 0 Å². The van der Waals surface area contributed by atoms with Gasteiger partial charge in [0.2, 0.25) is 0 Å². The number of nitrogens with one attached hydrogen (secondary N) is 1. The van der Waals surface area contributed by atoms with E-state index in [0.717, 1.165) is 62.2 Å². The first kappa shape index (κ1) is 16.5. The molecule has 1 aliphatic heterocycles. The third kappa shape index (κ3) is 5.13. The number of aromatic nitrogens is 1. The molecule has 2 heterocycles. The van der Waals surface area contributed by atoms with Crippen LogP contribution in [-0.2, 0) is 11.3 Å². The molecule has 4 nitrogen and oxygen atoms in total. The minimum Gasteiger partial charge on any atom is -0.377 e. The predicted molar refractivity (Wildman–Crippen MR) is 88.0 cm³/mol. The summed E-state index contributed by atoms with van der Waals surface area (Å²) in [5.41, 5.74) is 0.954. The van der Waals surface area contributed by atoms with Gasteiger partial charge in [0.1, 0.15) is 5.82 Å². The van der Waals surface area contributed by atoms with Gasteiger partial charge in [-0.3, -0.25) is 4.90 Å². The second kappa shape index (κ2) is 8.57. The molecule has 1 aliphatic rings. The topological polar surface area (TPSA) is 37.4 Å². The highest BCUT2D eigenvalue weighted by Crippen LogP contribution is 2.21. The molecule has 0 aliphatic carbocycles. The molecule has 1 saturated heterocycles.